The van der Waals surface area contributed by atoms with Gasteiger partial charge in [0.1, 0.15) is 35.3 Å². The number of aromatic nitrogens is 2. The predicted octanol–water partition coefficient (Wildman–Crippen LogP) is 10.7. The zero-order chi connectivity index (χ0) is 48.4. The SMILES string of the molecule is CCNC(=O)CCCOc1cc(OC)ccc1CN(C(=O)OCC1c2ccccc2-c2ccccc21)C(Cc1cncn1C(c1ccccc1)(c1ccccc1)c1ccccc1)C(=O)OC(C)(C)C. The van der Waals surface area contributed by atoms with Crippen molar-refractivity contribution >= 4 is 18.0 Å². The number of hydrogen-bond donors (Lipinski definition) is 1. The molecule has 2 amide bonds. The maximum absolute atomic E-state index is 15.3. The average Bonchev–Trinajstić information content (AvgIpc) is 3.96. The summed E-state index contributed by atoms with van der Waals surface area (Å²) in [6, 6.07) is 51.1. The summed E-state index contributed by atoms with van der Waals surface area (Å²) in [6.07, 6.45) is 3.57. The van der Waals surface area contributed by atoms with E-state index in [1.807, 2.05) is 113 Å². The van der Waals surface area contributed by atoms with Gasteiger partial charge in [0.15, 0.2) is 0 Å². The van der Waals surface area contributed by atoms with Crippen LogP contribution in [0, 0.1) is 0 Å². The van der Waals surface area contributed by atoms with Gasteiger partial charge >= 0.3 is 12.1 Å². The van der Waals surface area contributed by atoms with Gasteiger partial charge in [0.25, 0.3) is 0 Å². The highest BCUT2D eigenvalue weighted by molar-refractivity contribution is 5.83. The average molecular weight is 925 g/mol. The van der Waals surface area contributed by atoms with Crippen LogP contribution in [0.5, 0.6) is 11.5 Å². The van der Waals surface area contributed by atoms with E-state index in [4.69, 9.17) is 23.9 Å². The van der Waals surface area contributed by atoms with Gasteiger partial charge in [-0.05, 0) is 85.2 Å². The summed E-state index contributed by atoms with van der Waals surface area (Å²) in [5.74, 6) is 0.0513. The molecule has 1 unspecified atom stereocenters. The van der Waals surface area contributed by atoms with E-state index in [2.05, 4.69) is 70.5 Å². The van der Waals surface area contributed by atoms with Crippen LogP contribution in [0.4, 0.5) is 4.79 Å². The summed E-state index contributed by atoms with van der Waals surface area (Å²) < 4.78 is 26.8. The minimum atomic E-state index is -1.23. The van der Waals surface area contributed by atoms with E-state index < -0.39 is 29.2 Å². The normalized spacial score (nSPS) is 12.6. The molecule has 0 spiro atoms. The third kappa shape index (κ3) is 10.6. The maximum atomic E-state index is 15.3. The zero-order valence-electron chi connectivity index (χ0n) is 40.0. The van der Waals surface area contributed by atoms with Crippen LogP contribution in [0.25, 0.3) is 11.1 Å². The number of amides is 2. The van der Waals surface area contributed by atoms with Crippen LogP contribution < -0.4 is 14.8 Å². The number of ether oxygens (including phenoxy) is 4. The third-order valence-corrected chi connectivity index (χ3v) is 12.5. The number of nitrogens with one attached hydrogen (secondary N) is 1. The first kappa shape index (κ1) is 47.8. The van der Waals surface area contributed by atoms with Crippen LogP contribution >= 0.6 is 0 Å². The number of nitrogens with zero attached hydrogens (tertiary/aromatic N) is 3. The number of imidazole rings is 1. The van der Waals surface area contributed by atoms with E-state index in [9.17, 15) is 4.79 Å². The number of hydrogen-bond acceptors (Lipinski definition) is 8. The minimum Gasteiger partial charge on any atom is -0.497 e. The number of carbonyl (C=O) groups excluding carboxylic acids is 3. The molecule has 0 aliphatic heterocycles. The Balaban J connectivity index is 1.24. The van der Waals surface area contributed by atoms with Crippen molar-refractivity contribution in [3.05, 3.63) is 209 Å². The fourth-order valence-corrected chi connectivity index (χ4v) is 9.41. The Morgan fingerprint density at radius 1 is 0.754 bits per heavy atom. The lowest BCUT2D eigenvalue weighted by atomic mass is 9.76. The Morgan fingerprint density at radius 3 is 1.87 bits per heavy atom. The molecule has 0 bridgehead atoms. The van der Waals surface area contributed by atoms with Crippen LogP contribution in [0.3, 0.4) is 0 Å². The quantitative estimate of drug-likeness (QED) is 0.0484. The zero-order valence-corrected chi connectivity index (χ0v) is 40.0. The Morgan fingerprint density at radius 2 is 1.32 bits per heavy atom. The summed E-state index contributed by atoms with van der Waals surface area (Å²) in [7, 11) is 1.57. The summed E-state index contributed by atoms with van der Waals surface area (Å²) >= 11 is 0. The van der Waals surface area contributed by atoms with E-state index in [0.717, 1.165) is 38.9 Å². The molecule has 7 aromatic rings. The Kier molecular flexibility index (Phi) is 14.9. The molecule has 1 N–H and O–H groups in total. The molecule has 6 aromatic carbocycles. The molecule has 0 saturated heterocycles. The van der Waals surface area contributed by atoms with Crippen LogP contribution in [0.2, 0.25) is 0 Å². The van der Waals surface area contributed by atoms with Gasteiger partial charge in [0.2, 0.25) is 5.91 Å². The van der Waals surface area contributed by atoms with Gasteiger partial charge in [-0.15, -0.1) is 0 Å². The standard InChI is InChI=1S/C58H60N4O7/c1-6-60-54(63)31-20-34-67-53-36-46(66-5)33-32-41(53)38-61(56(65)68-39-51-49-29-18-16-27-47(49)48-28-17-19-30-50(48)51)52(55(64)69-57(2,3)4)35-45-37-59-40-62(45)58(42-21-10-7-11-22-42,43-23-12-8-13-24-43)44-25-14-9-15-26-44/h7-19,21-30,32-33,36-37,40,51-52H,6,20,31,34-35,38-39H2,1-5H3,(H,60,63). The van der Waals surface area contributed by atoms with Crippen LogP contribution in [-0.2, 0) is 37.6 Å². The second-order valence-corrected chi connectivity index (χ2v) is 18.1. The fourth-order valence-electron chi connectivity index (χ4n) is 9.41. The number of esters is 1. The molecule has 11 heteroatoms. The lowest BCUT2D eigenvalue weighted by Gasteiger charge is -2.39. The van der Waals surface area contributed by atoms with Gasteiger partial charge in [0, 0.05) is 48.8 Å². The van der Waals surface area contributed by atoms with Crippen molar-refractivity contribution in [1.82, 2.24) is 19.8 Å². The van der Waals surface area contributed by atoms with E-state index in [1.54, 1.807) is 31.8 Å². The molecule has 1 aliphatic rings. The molecule has 1 aliphatic carbocycles. The van der Waals surface area contributed by atoms with Crippen molar-refractivity contribution in [1.29, 1.82) is 0 Å². The number of benzene rings is 6. The van der Waals surface area contributed by atoms with E-state index >= 15 is 9.59 Å². The molecule has 11 nitrogen and oxygen atoms in total. The largest absolute Gasteiger partial charge is 0.497 e. The van der Waals surface area contributed by atoms with Crippen LogP contribution in [0.1, 0.15) is 85.5 Å². The monoisotopic (exact) mass is 924 g/mol. The second-order valence-electron chi connectivity index (χ2n) is 18.1. The molecule has 69 heavy (non-hydrogen) atoms. The first-order chi connectivity index (χ1) is 33.5. The highest BCUT2D eigenvalue weighted by Gasteiger charge is 2.42. The molecule has 0 radical (unpaired) electrons. The van der Waals surface area contributed by atoms with Crippen molar-refractivity contribution in [2.24, 2.45) is 0 Å². The molecular weight excluding hydrogens is 865 g/mol. The minimum absolute atomic E-state index is 0.00769. The van der Waals surface area contributed by atoms with Gasteiger partial charge in [-0.2, -0.15) is 0 Å². The molecule has 1 heterocycles. The highest BCUT2D eigenvalue weighted by atomic mass is 16.6. The van der Waals surface area contributed by atoms with Gasteiger partial charge < -0.3 is 28.8 Å². The lowest BCUT2D eigenvalue weighted by Crippen LogP contribution is -2.49. The van der Waals surface area contributed by atoms with Crippen LogP contribution in [-0.4, -0.2) is 70.9 Å². The number of fused-ring (bicyclic) bond motifs is 3. The van der Waals surface area contributed by atoms with Crippen molar-refractivity contribution in [3.8, 4) is 22.6 Å². The first-order valence-electron chi connectivity index (χ1n) is 23.6. The smallest absolute Gasteiger partial charge is 0.410 e. The van der Waals surface area contributed by atoms with E-state index in [-0.39, 0.29) is 44.4 Å². The molecule has 354 valence electrons. The molecule has 1 aromatic heterocycles. The summed E-state index contributed by atoms with van der Waals surface area (Å²) in [6.45, 7) is 7.98. The summed E-state index contributed by atoms with van der Waals surface area (Å²) in [4.78, 5) is 49.0. The summed E-state index contributed by atoms with van der Waals surface area (Å²) in [5, 5.41) is 2.83. The van der Waals surface area contributed by atoms with Gasteiger partial charge in [-0.1, -0.05) is 140 Å². The molecule has 0 fully saturated rings. The van der Waals surface area contributed by atoms with Crippen molar-refractivity contribution in [2.45, 2.75) is 76.6 Å². The third-order valence-electron chi connectivity index (χ3n) is 12.5. The van der Waals surface area contributed by atoms with Crippen molar-refractivity contribution in [3.63, 3.8) is 0 Å². The number of rotatable bonds is 19. The molecule has 0 saturated carbocycles. The Bertz CT molecular complexity index is 2700. The first-order valence-corrected chi connectivity index (χ1v) is 23.6. The summed E-state index contributed by atoms with van der Waals surface area (Å²) in [5.41, 5.74) is 6.59. The lowest BCUT2D eigenvalue weighted by molar-refractivity contribution is -0.161. The van der Waals surface area contributed by atoms with Gasteiger partial charge in [0.05, 0.1) is 26.6 Å². The van der Waals surface area contributed by atoms with Crippen LogP contribution in [0.15, 0.2) is 170 Å². The second kappa shape index (κ2) is 21.5. The molecule has 8 rings (SSSR count). The van der Waals surface area contributed by atoms with E-state index in [0.29, 0.717) is 35.7 Å². The maximum Gasteiger partial charge on any atom is 0.410 e. The predicted molar refractivity (Wildman–Crippen MR) is 267 cm³/mol. The topological polar surface area (TPSA) is 121 Å². The molecular formula is C58H60N4O7. The number of carbonyl (C=O) groups is 3. The van der Waals surface area contributed by atoms with Crippen molar-refractivity contribution in [2.75, 3.05) is 26.9 Å². The van der Waals surface area contributed by atoms with Gasteiger partial charge in [-0.25, -0.2) is 14.6 Å². The van der Waals surface area contributed by atoms with Gasteiger partial charge in [-0.3, -0.25) is 9.69 Å². The van der Waals surface area contributed by atoms with Crippen molar-refractivity contribution < 1.29 is 33.3 Å². The highest BCUT2D eigenvalue weighted by Crippen LogP contribution is 2.45. The van der Waals surface area contributed by atoms with E-state index in [1.165, 1.54) is 4.90 Å². The Hall–Kier alpha value is -7.66. The number of methoxy groups -OCH3 is 1. The molecule has 1 atom stereocenters. The fraction of sp³-hybridized carbons (Fsp3) is 0.276. The Labute approximate surface area is 405 Å².